The lowest BCUT2D eigenvalue weighted by Crippen LogP contribution is -2.22. The van der Waals surface area contributed by atoms with Gasteiger partial charge in [-0.05, 0) is 30.7 Å². The molecule has 0 aliphatic heterocycles. The number of carboxylic acid groups (broad SMARTS) is 1. The molecule has 0 saturated carbocycles. The molecule has 0 heterocycles. The quantitative estimate of drug-likeness (QED) is 0.830. The molecule has 0 aromatic heterocycles. The monoisotopic (exact) mass is 247 g/mol. The van der Waals surface area contributed by atoms with Crippen LogP contribution in [0.25, 0.3) is 0 Å². The van der Waals surface area contributed by atoms with Crippen LogP contribution in [-0.2, 0) is 14.8 Å². The Morgan fingerprint density at radius 3 is 2.62 bits per heavy atom. The van der Waals surface area contributed by atoms with Crippen LogP contribution in [0, 0.1) is 12.7 Å². The van der Waals surface area contributed by atoms with E-state index in [1.54, 1.807) is 0 Å². The molecule has 0 aliphatic rings. The van der Waals surface area contributed by atoms with Crippen molar-refractivity contribution in [2.24, 2.45) is 0 Å². The number of hydrogen-bond donors (Lipinski definition) is 2. The van der Waals surface area contributed by atoms with E-state index in [4.69, 9.17) is 5.11 Å². The van der Waals surface area contributed by atoms with Gasteiger partial charge in [0, 0.05) is 5.69 Å². The number of nitrogens with one attached hydrogen (secondary N) is 1. The lowest BCUT2D eigenvalue weighted by molar-refractivity contribution is -0.134. The summed E-state index contributed by atoms with van der Waals surface area (Å²) in [7, 11) is -3.94. The summed E-state index contributed by atoms with van der Waals surface area (Å²) in [6.45, 7) is 1.48. The van der Waals surface area contributed by atoms with E-state index < -0.39 is 27.6 Å². The van der Waals surface area contributed by atoms with E-state index >= 15 is 0 Å². The van der Waals surface area contributed by atoms with Gasteiger partial charge in [-0.15, -0.1) is 0 Å². The maximum absolute atomic E-state index is 12.9. The minimum absolute atomic E-state index is 0.139. The van der Waals surface area contributed by atoms with Crippen molar-refractivity contribution in [3.63, 3.8) is 0 Å². The number of benzene rings is 1. The van der Waals surface area contributed by atoms with E-state index in [0.29, 0.717) is 0 Å². The van der Waals surface area contributed by atoms with Crippen molar-refractivity contribution in [3.05, 3.63) is 29.6 Å². The first-order valence-corrected chi connectivity index (χ1v) is 5.94. The number of halogens is 1. The average Bonchev–Trinajstić information content (AvgIpc) is 2.08. The van der Waals surface area contributed by atoms with Crippen LogP contribution in [0.15, 0.2) is 18.2 Å². The Morgan fingerprint density at radius 2 is 2.12 bits per heavy atom. The molecule has 0 radical (unpaired) electrons. The molecule has 1 aromatic carbocycles. The van der Waals surface area contributed by atoms with Gasteiger partial charge in [0.2, 0.25) is 10.0 Å². The molecule has 0 aliphatic carbocycles. The summed E-state index contributed by atoms with van der Waals surface area (Å²) in [4.78, 5) is 10.2. The van der Waals surface area contributed by atoms with Crippen molar-refractivity contribution < 1.29 is 22.7 Å². The van der Waals surface area contributed by atoms with Crippen molar-refractivity contribution in [1.82, 2.24) is 0 Å². The van der Waals surface area contributed by atoms with Crippen molar-refractivity contribution in [3.8, 4) is 0 Å². The van der Waals surface area contributed by atoms with E-state index in [1.165, 1.54) is 19.1 Å². The van der Waals surface area contributed by atoms with Crippen molar-refractivity contribution in [2.45, 2.75) is 6.92 Å². The number of carbonyl (C=O) groups is 1. The largest absolute Gasteiger partial charge is 0.480 e. The minimum Gasteiger partial charge on any atom is -0.480 e. The molecule has 0 atom stereocenters. The fourth-order valence-electron chi connectivity index (χ4n) is 1.09. The Morgan fingerprint density at radius 1 is 1.50 bits per heavy atom. The highest BCUT2D eigenvalue weighted by molar-refractivity contribution is 7.93. The highest BCUT2D eigenvalue weighted by Crippen LogP contribution is 2.14. The first-order valence-electron chi connectivity index (χ1n) is 4.28. The van der Waals surface area contributed by atoms with Gasteiger partial charge in [-0.2, -0.15) is 0 Å². The molecule has 5 nitrogen and oxygen atoms in total. The molecule has 16 heavy (non-hydrogen) atoms. The molecule has 1 aromatic rings. The maximum atomic E-state index is 12.9. The van der Waals surface area contributed by atoms with Crippen LogP contribution in [0.4, 0.5) is 10.1 Å². The fourth-order valence-corrected chi connectivity index (χ4v) is 1.97. The lowest BCUT2D eigenvalue weighted by atomic mass is 10.2. The van der Waals surface area contributed by atoms with Crippen LogP contribution in [0.1, 0.15) is 5.56 Å². The number of rotatable bonds is 4. The third-order valence-electron chi connectivity index (χ3n) is 1.74. The highest BCUT2D eigenvalue weighted by atomic mass is 32.2. The molecule has 0 unspecified atom stereocenters. The normalized spacial score (nSPS) is 11.1. The average molecular weight is 247 g/mol. The summed E-state index contributed by atoms with van der Waals surface area (Å²) in [5, 5.41) is 8.35. The van der Waals surface area contributed by atoms with Crippen LogP contribution < -0.4 is 4.72 Å². The second kappa shape index (κ2) is 4.48. The lowest BCUT2D eigenvalue weighted by Gasteiger charge is -2.06. The number of aryl methyl sites for hydroxylation is 1. The van der Waals surface area contributed by atoms with Gasteiger partial charge in [0.1, 0.15) is 5.82 Å². The Balaban J connectivity index is 2.88. The predicted octanol–water partition coefficient (Wildman–Crippen LogP) is 0.960. The van der Waals surface area contributed by atoms with Crippen LogP contribution in [0.2, 0.25) is 0 Å². The minimum atomic E-state index is -3.94. The third kappa shape index (κ3) is 3.50. The zero-order valence-electron chi connectivity index (χ0n) is 8.40. The molecule has 0 spiro atoms. The van der Waals surface area contributed by atoms with E-state index in [2.05, 4.69) is 0 Å². The predicted molar refractivity (Wildman–Crippen MR) is 56.2 cm³/mol. The third-order valence-corrected chi connectivity index (χ3v) is 2.92. The summed E-state index contributed by atoms with van der Waals surface area (Å²) in [5.74, 6) is -2.93. The summed E-state index contributed by atoms with van der Waals surface area (Å²) in [5.41, 5.74) is 0.413. The first kappa shape index (κ1) is 12.4. The van der Waals surface area contributed by atoms with Gasteiger partial charge < -0.3 is 5.11 Å². The smallest absolute Gasteiger partial charge is 0.320 e. The molecular formula is C9H10FNO4S. The molecule has 0 fully saturated rings. The van der Waals surface area contributed by atoms with Crippen LogP contribution in [-0.4, -0.2) is 25.2 Å². The van der Waals surface area contributed by atoms with Gasteiger partial charge in [0.25, 0.3) is 0 Å². The Labute approximate surface area is 92.0 Å². The van der Waals surface area contributed by atoms with E-state index in [-0.39, 0.29) is 11.3 Å². The second-order valence-corrected chi connectivity index (χ2v) is 4.94. The van der Waals surface area contributed by atoms with Gasteiger partial charge in [0.15, 0.2) is 5.75 Å². The van der Waals surface area contributed by atoms with Gasteiger partial charge in [-0.25, -0.2) is 12.8 Å². The molecule has 1 rings (SSSR count). The Hall–Kier alpha value is -1.63. The first-order chi connectivity index (χ1) is 7.30. The second-order valence-electron chi connectivity index (χ2n) is 3.22. The molecule has 2 N–H and O–H groups in total. The van der Waals surface area contributed by atoms with Crippen LogP contribution in [0.5, 0.6) is 0 Å². The zero-order valence-corrected chi connectivity index (χ0v) is 9.21. The molecule has 0 amide bonds. The molecule has 7 heteroatoms. The van der Waals surface area contributed by atoms with Crippen molar-refractivity contribution >= 4 is 21.7 Å². The summed E-state index contributed by atoms with van der Waals surface area (Å²) < 4.78 is 37.4. The number of aliphatic carboxylic acids is 1. The summed E-state index contributed by atoms with van der Waals surface area (Å²) >= 11 is 0. The summed E-state index contributed by atoms with van der Waals surface area (Å²) in [6, 6.07) is 3.62. The van der Waals surface area contributed by atoms with E-state index in [9.17, 15) is 17.6 Å². The SMILES string of the molecule is Cc1cc(NS(=O)(=O)CC(=O)O)ccc1F. The molecule has 0 saturated heterocycles. The maximum Gasteiger partial charge on any atom is 0.320 e. The van der Waals surface area contributed by atoms with Crippen molar-refractivity contribution in [2.75, 3.05) is 10.5 Å². The van der Waals surface area contributed by atoms with Gasteiger partial charge in [0.05, 0.1) is 0 Å². The molecular weight excluding hydrogens is 237 g/mol. The molecule has 88 valence electrons. The number of anilines is 1. The number of carboxylic acids is 1. The number of hydrogen-bond acceptors (Lipinski definition) is 3. The topological polar surface area (TPSA) is 83.5 Å². The van der Waals surface area contributed by atoms with Crippen LogP contribution in [0.3, 0.4) is 0 Å². The van der Waals surface area contributed by atoms with Gasteiger partial charge in [-0.3, -0.25) is 9.52 Å². The number of sulfonamides is 1. The van der Waals surface area contributed by atoms with Crippen LogP contribution >= 0.6 is 0 Å². The Kier molecular flexibility index (Phi) is 3.48. The van der Waals surface area contributed by atoms with E-state index in [0.717, 1.165) is 6.07 Å². The van der Waals surface area contributed by atoms with E-state index in [1.807, 2.05) is 4.72 Å². The van der Waals surface area contributed by atoms with Gasteiger partial charge in [-0.1, -0.05) is 0 Å². The Bertz CT molecular complexity index is 512. The van der Waals surface area contributed by atoms with Crippen molar-refractivity contribution in [1.29, 1.82) is 0 Å². The zero-order chi connectivity index (χ0) is 12.3. The molecule has 0 bridgehead atoms. The summed E-state index contributed by atoms with van der Waals surface area (Å²) in [6.07, 6.45) is 0. The van der Waals surface area contributed by atoms with Gasteiger partial charge >= 0.3 is 5.97 Å². The standard InChI is InChI=1S/C9H10FNO4S/c1-6-4-7(2-3-8(6)10)11-16(14,15)5-9(12)13/h2-4,11H,5H2,1H3,(H,12,13). The fraction of sp³-hybridized carbons (Fsp3) is 0.222. The highest BCUT2D eigenvalue weighted by Gasteiger charge is 2.15.